The fraction of sp³-hybridized carbons (Fsp3) is 0.733. The number of amidine groups is 1. The summed E-state index contributed by atoms with van der Waals surface area (Å²) in [5.74, 6) is 0.792. The van der Waals surface area contributed by atoms with Gasteiger partial charge < -0.3 is 9.80 Å². The molecular formula is C15H26BrN5. The molecule has 2 aliphatic rings. The molecular weight excluding hydrogens is 330 g/mol. The summed E-state index contributed by atoms with van der Waals surface area (Å²) in [5, 5.41) is 7.15. The molecule has 2 aliphatic heterocycles. The summed E-state index contributed by atoms with van der Waals surface area (Å²) in [4.78, 5) is 11.4. The van der Waals surface area contributed by atoms with E-state index in [0.717, 1.165) is 42.8 Å². The van der Waals surface area contributed by atoms with Gasteiger partial charge in [0.2, 0.25) is 0 Å². The number of piperazine rings is 1. The number of aliphatic imine (C=N–C) groups is 1. The van der Waals surface area contributed by atoms with E-state index < -0.39 is 0 Å². The van der Waals surface area contributed by atoms with Crippen molar-refractivity contribution in [1.29, 1.82) is 5.41 Å². The zero-order valence-electron chi connectivity index (χ0n) is 12.7. The molecule has 2 saturated heterocycles. The SMILES string of the molecule is C=C(Br)C(=NC=N)N1CCN(CCN2CCCCC2)CC1. The van der Waals surface area contributed by atoms with Crippen molar-refractivity contribution in [3.05, 3.63) is 11.1 Å². The maximum atomic E-state index is 7.15. The Morgan fingerprint density at radius 1 is 1.00 bits per heavy atom. The normalized spacial score (nSPS) is 22.3. The van der Waals surface area contributed by atoms with Crippen LogP contribution in [0.1, 0.15) is 19.3 Å². The van der Waals surface area contributed by atoms with Crippen molar-refractivity contribution in [3.63, 3.8) is 0 Å². The van der Waals surface area contributed by atoms with Crippen LogP contribution in [0.5, 0.6) is 0 Å². The van der Waals surface area contributed by atoms with Crippen molar-refractivity contribution in [2.45, 2.75) is 19.3 Å². The molecule has 0 spiro atoms. The summed E-state index contributed by atoms with van der Waals surface area (Å²) in [5.41, 5.74) is 0. The zero-order chi connectivity index (χ0) is 15.1. The molecule has 0 aromatic carbocycles. The van der Waals surface area contributed by atoms with Gasteiger partial charge in [-0.25, -0.2) is 4.99 Å². The van der Waals surface area contributed by atoms with Gasteiger partial charge in [-0.15, -0.1) is 0 Å². The van der Waals surface area contributed by atoms with Gasteiger partial charge in [-0.05, 0) is 41.9 Å². The van der Waals surface area contributed by atoms with Gasteiger partial charge in [0, 0.05) is 39.3 Å². The predicted octanol–water partition coefficient (Wildman–Crippen LogP) is 2.00. The van der Waals surface area contributed by atoms with Crippen molar-refractivity contribution in [2.75, 3.05) is 52.4 Å². The first kappa shape index (κ1) is 16.6. The molecule has 6 heteroatoms. The average Bonchev–Trinajstić information content (AvgIpc) is 2.52. The fourth-order valence-electron chi connectivity index (χ4n) is 3.03. The lowest BCUT2D eigenvalue weighted by atomic mass is 10.1. The van der Waals surface area contributed by atoms with Gasteiger partial charge in [-0.2, -0.15) is 0 Å². The summed E-state index contributed by atoms with van der Waals surface area (Å²) in [6.45, 7) is 12.8. The van der Waals surface area contributed by atoms with E-state index in [9.17, 15) is 0 Å². The van der Waals surface area contributed by atoms with Gasteiger partial charge in [0.05, 0.1) is 4.48 Å². The van der Waals surface area contributed by atoms with Gasteiger partial charge in [-0.1, -0.05) is 13.0 Å². The van der Waals surface area contributed by atoms with Crippen molar-refractivity contribution in [2.24, 2.45) is 4.99 Å². The van der Waals surface area contributed by atoms with Gasteiger partial charge in [0.25, 0.3) is 0 Å². The lowest BCUT2D eigenvalue weighted by Crippen LogP contribution is -2.50. The molecule has 0 amide bonds. The number of nitrogens with zero attached hydrogens (tertiary/aromatic N) is 4. The molecule has 0 atom stereocenters. The van der Waals surface area contributed by atoms with E-state index in [1.165, 1.54) is 45.4 Å². The predicted molar refractivity (Wildman–Crippen MR) is 92.6 cm³/mol. The van der Waals surface area contributed by atoms with E-state index in [1.54, 1.807) is 0 Å². The Kier molecular flexibility index (Phi) is 6.86. The second-order valence-electron chi connectivity index (χ2n) is 5.72. The van der Waals surface area contributed by atoms with Crippen LogP contribution in [0, 0.1) is 5.41 Å². The van der Waals surface area contributed by atoms with Crippen LogP contribution < -0.4 is 0 Å². The molecule has 1 N–H and O–H groups in total. The second kappa shape index (κ2) is 8.66. The van der Waals surface area contributed by atoms with Crippen molar-refractivity contribution >= 4 is 28.1 Å². The Hall–Kier alpha value is -0.720. The van der Waals surface area contributed by atoms with Crippen molar-refractivity contribution < 1.29 is 0 Å². The summed E-state index contributed by atoms with van der Waals surface area (Å²) in [6.07, 6.45) is 5.22. The van der Waals surface area contributed by atoms with Crippen molar-refractivity contribution in [1.82, 2.24) is 14.7 Å². The molecule has 21 heavy (non-hydrogen) atoms. The molecule has 0 aromatic heterocycles. The number of likely N-dealkylation sites (tertiary alicyclic amines) is 1. The Balaban J connectivity index is 1.73. The number of hydrogen-bond donors (Lipinski definition) is 1. The lowest BCUT2D eigenvalue weighted by Gasteiger charge is -2.37. The minimum absolute atomic E-state index is 0.757. The van der Waals surface area contributed by atoms with E-state index in [2.05, 4.69) is 42.2 Å². The molecule has 0 radical (unpaired) electrons. The number of rotatable bonds is 5. The Labute approximate surface area is 136 Å². The maximum Gasteiger partial charge on any atom is 0.144 e. The van der Waals surface area contributed by atoms with Crippen LogP contribution in [-0.4, -0.2) is 79.2 Å². The maximum absolute atomic E-state index is 7.15. The molecule has 2 heterocycles. The van der Waals surface area contributed by atoms with Gasteiger partial charge >= 0.3 is 0 Å². The minimum atomic E-state index is 0.757. The van der Waals surface area contributed by atoms with E-state index in [-0.39, 0.29) is 0 Å². The summed E-state index contributed by atoms with van der Waals surface area (Å²) < 4.78 is 0.757. The quantitative estimate of drug-likeness (QED) is 0.606. The number of hydrogen-bond acceptors (Lipinski definition) is 3. The van der Waals surface area contributed by atoms with Crippen molar-refractivity contribution in [3.8, 4) is 0 Å². The number of nitrogens with one attached hydrogen (secondary N) is 1. The highest BCUT2D eigenvalue weighted by atomic mass is 79.9. The van der Waals surface area contributed by atoms with E-state index in [4.69, 9.17) is 5.41 Å². The van der Waals surface area contributed by atoms with Crippen LogP contribution in [0.2, 0.25) is 0 Å². The third-order valence-electron chi connectivity index (χ3n) is 4.28. The highest BCUT2D eigenvalue weighted by Gasteiger charge is 2.21. The molecule has 118 valence electrons. The first-order valence-electron chi connectivity index (χ1n) is 7.82. The number of piperidine rings is 1. The van der Waals surface area contributed by atoms with Gasteiger partial charge in [0.1, 0.15) is 12.2 Å². The smallest absolute Gasteiger partial charge is 0.144 e. The van der Waals surface area contributed by atoms with E-state index >= 15 is 0 Å². The molecule has 0 bridgehead atoms. The van der Waals surface area contributed by atoms with Crippen LogP contribution in [0.25, 0.3) is 0 Å². The topological polar surface area (TPSA) is 45.9 Å². The fourth-order valence-corrected chi connectivity index (χ4v) is 3.39. The van der Waals surface area contributed by atoms with Crippen LogP contribution in [-0.2, 0) is 0 Å². The lowest BCUT2D eigenvalue weighted by molar-refractivity contribution is 0.145. The van der Waals surface area contributed by atoms with E-state index in [0.29, 0.717) is 0 Å². The highest BCUT2D eigenvalue weighted by Crippen LogP contribution is 2.13. The van der Waals surface area contributed by atoms with Crippen LogP contribution in [0.15, 0.2) is 16.1 Å². The third-order valence-corrected chi connectivity index (χ3v) is 4.64. The van der Waals surface area contributed by atoms with E-state index in [1.807, 2.05) is 0 Å². The Morgan fingerprint density at radius 3 is 2.10 bits per heavy atom. The minimum Gasteiger partial charge on any atom is -0.353 e. The first-order chi connectivity index (χ1) is 10.2. The average molecular weight is 356 g/mol. The third kappa shape index (κ3) is 5.20. The molecule has 2 rings (SSSR count). The summed E-state index contributed by atoms with van der Waals surface area (Å²) in [6, 6.07) is 0. The monoisotopic (exact) mass is 355 g/mol. The zero-order valence-corrected chi connectivity index (χ0v) is 14.3. The summed E-state index contributed by atoms with van der Waals surface area (Å²) in [7, 11) is 0. The Morgan fingerprint density at radius 2 is 1.57 bits per heavy atom. The molecule has 0 unspecified atom stereocenters. The first-order valence-corrected chi connectivity index (χ1v) is 8.61. The molecule has 0 aromatic rings. The largest absolute Gasteiger partial charge is 0.353 e. The second-order valence-corrected chi connectivity index (χ2v) is 6.67. The van der Waals surface area contributed by atoms with Crippen LogP contribution in [0.4, 0.5) is 0 Å². The molecule has 2 fully saturated rings. The highest BCUT2D eigenvalue weighted by molar-refractivity contribution is 9.12. The van der Waals surface area contributed by atoms with Gasteiger partial charge in [-0.3, -0.25) is 10.3 Å². The Bertz CT molecular complexity index is 382. The van der Waals surface area contributed by atoms with Crippen LogP contribution >= 0.6 is 15.9 Å². The van der Waals surface area contributed by atoms with Gasteiger partial charge in [0.15, 0.2) is 0 Å². The molecule has 5 nitrogen and oxygen atoms in total. The molecule has 0 saturated carbocycles. The standard InChI is InChI=1S/C15H26BrN5/c1-14(16)15(18-13-17)21-11-9-20(10-12-21)8-7-19-5-3-2-4-6-19/h13,17H,1-12H2. The molecule has 0 aliphatic carbocycles. The summed E-state index contributed by atoms with van der Waals surface area (Å²) >= 11 is 3.38. The van der Waals surface area contributed by atoms with Crippen LogP contribution in [0.3, 0.4) is 0 Å². The number of halogens is 1.